The number of carbonyl (C=O) groups excluding carboxylic acids is 1. The van der Waals surface area contributed by atoms with Gasteiger partial charge in [-0.15, -0.1) is 0 Å². The minimum atomic E-state index is -4.53. The highest BCUT2D eigenvalue weighted by atomic mass is 19.4. The largest absolute Gasteiger partial charge is 0.439 e. The molecule has 0 aromatic rings. The van der Waals surface area contributed by atoms with Crippen molar-refractivity contribution in [3.63, 3.8) is 0 Å². The summed E-state index contributed by atoms with van der Waals surface area (Å²) in [6, 6.07) is 0. The minimum Gasteiger partial charge on any atom is -0.439 e. The predicted molar refractivity (Wildman–Crippen MR) is 57.6 cm³/mol. The van der Waals surface area contributed by atoms with Crippen molar-refractivity contribution in [2.24, 2.45) is 16.9 Å². The SMILES string of the molecule is CC(C)C(=NNC(=O)OCC(F)(F)F)C(C)C. The molecule has 0 aromatic carbocycles. The summed E-state index contributed by atoms with van der Waals surface area (Å²) in [5, 5.41) is 3.75. The Bertz CT molecular complexity index is 276. The molecule has 0 unspecified atom stereocenters. The van der Waals surface area contributed by atoms with E-state index in [0.717, 1.165) is 0 Å². The van der Waals surface area contributed by atoms with Crippen molar-refractivity contribution in [1.82, 2.24) is 5.43 Å². The molecule has 7 heteroatoms. The van der Waals surface area contributed by atoms with E-state index in [1.165, 1.54) is 0 Å². The second-order valence-corrected chi connectivity index (χ2v) is 4.15. The highest BCUT2D eigenvalue weighted by Crippen LogP contribution is 2.14. The third-order valence-corrected chi connectivity index (χ3v) is 1.83. The molecule has 0 aromatic heterocycles. The summed E-state index contributed by atoms with van der Waals surface area (Å²) in [5.41, 5.74) is 2.63. The first-order valence-electron chi connectivity index (χ1n) is 5.20. The lowest BCUT2D eigenvalue weighted by Gasteiger charge is -2.13. The van der Waals surface area contributed by atoms with E-state index in [1.807, 2.05) is 33.1 Å². The Balaban J connectivity index is 4.25. The topological polar surface area (TPSA) is 50.7 Å². The van der Waals surface area contributed by atoms with Crippen molar-refractivity contribution in [3.05, 3.63) is 0 Å². The molecule has 17 heavy (non-hydrogen) atoms. The lowest BCUT2D eigenvalue weighted by atomic mass is 9.98. The average molecular weight is 254 g/mol. The Morgan fingerprint density at radius 1 is 1.24 bits per heavy atom. The van der Waals surface area contributed by atoms with E-state index in [-0.39, 0.29) is 11.8 Å². The van der Waals surface area contributed by atoms with E-state index in [1.54, 1.807) is 0 Å². The molecule has 0 saturated carbocycles. The summed E-state index contributed by atoms with van der Waals surface area (Å²) in [6.07, 6.45) is -5.74. The van der Waals surface area contributed by atoms with Crippen LogP contribution in [0.4, 0.5) is 18.0 Å². The number of nitrogens with zero attached hydrogens (tertiary/aromatic N) is 1. The number of hydrazone groups is 1. The zero-order valence-electron chi connectivity index (χ0n) is 10.3. The van der Waals surface area contributed by atoms with E-state index in [2.05, 4.69) is 9.84 Å². The van der Waals surface area contributed by atoms with Crippen LogP contribution in [0.1, 0.15) is 27.7 Å². The number of rotatable bonds is 4. The Hall–Kier alpha value is -1.27. The van der Waals surface area contributed by atoms with Crippen molar-refractivity contribution in [1.29, 1.82) is 0 Å². The molecular formula is C10H17F3N2O2. The first kappa shape index (κ1) is 15.7. The third kappa shape index (κ3) is 7.59. The molecule has 0 radical (unpaired) electrons. The van der Waals surface area contributed by atoms with Gasteiger partial charge < -0.3 is 4.74 Å². The Kier molecular flexibility index (Phi) is 5.98. The van der Waals surface area contributed by atoms with Crippen molar-refractivity contribution in [2.45, 2.75) is 33.9 Å². The number of hydrogen-bond donors (Lipinski definition) is 1. The minimum absolute atomic E-state index is 0.0953. The van der Waals surface area contributed by atoms with E-state index in [4.69, 9.17) is 0 Å². The predicted octanol–water partition coefficient (Wildman–Crippen LogP) is 2.94. The van der Waals surface area contributed by atoms with E-state index in [9.17, 15) is 18.0 Å². The number of alkyl halides is 3. The van der Waals surface area contributed by atoms with Gasteiger partial charge in [-0.2, -0.15) is 18.3 Å². The van der Waals surface area contributed by atoms with Crippen LogP contribution in [0, 0.1) is 11.8 Å². The molecule has 0 aliphatic heterocycles. The van der Waals surface area contributed by atoms with Gasteiger partial charge in [-0.05, 0) is 11.8 Å². The van der Waals surface area contributed by atoms with E-state index < -0.39 is 18.9 Å². The fourth-order valence-corrected chi connectivity index (χ4v) is 1.21. The van der Waals surface area contributed by atoms with Crippen molar-refractivity contribution in [2.75, 3.05) is 6.61 Å². The molecule has 4 nitrogen and oxygen atoms in total. The van der Waals surface area contributed by atoms with E-state index >= 15 is 0 Å². The zero-order valence-corrected chi connectivity index (χ0v) is 10.3. The van der Waals surface area contributed by atoms with E-state index in [0.29, 0.717) is 5.71 Å². The molecule has 0 bridgehead atoms. The van der Waals surface area contributed by atoms with Gasteiger partial charge in [-0.3, -0.25) is 0 Å². The summed E-state index contributed by atoms with van der Waals surface area (Å²) in [7, 11) is 0. The molecule has 1 N–H and O–H groups in total. The lowest BCUT2D eigenvalue weighted by molar-refractivity contribution is -0.160. The number of ether oxygens (including phenoxy) is 1. The highest BCUT2D eigenvalue weighted by Gasteiger charge is 2.29. The highest BCUT2D eigenvalue weighted by molar-refractivity contribution is 5.88. The van der Waals surface area contributed by atoms with Crippen LogP contribution in [0.3, 0.4) is 0 Å². The molecule has 1 amide bonds. The fraction of sp³-hybridized carbons (Fsp3) is 0.800. The Labute approximate surface area is 98.2 Å². The third-order valence-electron chi connectivity index (χ3n) is 1.83. The molecule has 0 heterocycles. The van der Waals surface area contributed by atoms with Gasteiger partial charge in [0.05, 0.1) is 0 Å². The summed E-state index contributed by atoms with van der Waals surface area (Å²) < 4.78 is 39.1. The molecule has 100 valence electrons. The van der Waals surface area contributed by atoms with Crippen LogP contribution in [0.5, 0.6) is 0 Å². The molecule has 0 atom stereocenters. The zero-order chi connectivity index (χ0) is 13.6. The smallest absolute Gasteiger partial charge is 0.428 e. The maximum Gasteiger partial charge on any atom is 0.428 e. The summed E-state index contributed by atoms with van der Waals surface area (Å²) in [4.78, 5) is 10.9. The maximum atomic E-state index is 11.7. The second kappa shape index (κ2) is 6.46. The monoisotopic (exact) mass is 254 g/mol. The van der Waals surface area contributed by atoms with Crippen LogP contribution in [0.15, 0.2) is 5.10 Å². The van der Waals surface area contributed by atoms with Gasteiger partial charge in [-0.1, -0.05) is 27.7 Å². The Morgan fingerprint density at radius 3 is 2.06 bits per heavy atom. The number of carbonyl (C=O) groups is 1. The van der Waals surface area contributed by atoms with Gasteiger partial charge in [0.25, 0.3) is 0 Å². The number of halogens is 3. The first-order chi connectivity index (χ1) is 7.63. The molecule has 0 fully saturated rings. The van der Waals surface area contributed by atoms with Gasteiger partial charge in [0.15, 0.2) is 6.61 Å². The quantitative estimate of drug-likeness (QED) is 0.619. The second-order valence-electron chi connectivity index (χ2n) is 4.15. The Morgan fingerprint density at radius 2 is 1.71 bits per heavy atom. The number of amides is 1. The van der Waals surface area contributed by atoms with Gasteiger partial charge in [0, 0.05) is 5.71 Å². The van der Waals surface area contributed by atoms with Crippen LogP contribution < -0.4 is 5.43 Å². The molecule has 0 spiro atoms. The van der Waals surface area contributed by atoms with Crippen molar-refractivity contribution >= 4 is 11.8 Å². The first-order valence-corrected chi connectivity index (χ1v) is 5.20. The number of nitrogens with one attached hydrogen (secondary N) is 1. The van der Waals surface area contributed by atoms with Crippen LogP contribution in [-0.2, 0) is 4.74 Å². The van der Waals surface area contributed by atoms with Gasteiger partial charge in [-0.25, -0.2) is 10.2 Å². The van der Waals surface area contributed by atoms with Crippen molar-refractivity contribution < 1.29 is 22.7 Å². The summed E-state index contributed by atoms with van der Waals surface area (Å²) in [6.45, 7) is 5.89. The molecule has 0 saturated heterocycles. The molecule has 0 rings (SSSR count). The normalized spacial score (nSPS) is 11.6. The maximum absolute atomic E-state index is 11.7. The van der Waals surface area contributed by atoms with Crippen LogP contribution in [-0.4, -0.2) is 24.6 Å². The molecule has 0 aliphatic rings. The van der Waals surface area contributed by atoms with Gasteiger partial charge in [0.2, 0.25) is 0 Å². The summed E-state index contributed by atoms with van der Waals surface area (Å²) >= 11 is 0. The van der Waals surface area contributed by atoms with Crippen molar-refractivity contribution in [3.8, 4) is 0 Å². The van der Waals surface area contributed by atoms with Gasteiger partial charge >= 0.3 is 12.3 Å². The van der Waals surface area contributed by atoms with Crippen LogP contribution >= 0.6 is 0 Å². The average Bonchev–Trinajstić information content (AvgIpc) is 2.12. The fourth-order valence-electron chi connectivity index (χ4n) is 1.21. The molecular weight excluding hydrogens is 237 g/mol. The van der Waals surface area contributed by atoms with Crippen LogP contribution in [0.2, 0.25) is 0 Å². The van der Waals surface area contributed by atoms with Crippen LogP contribution in [0.25, 0.3) is 0 Å². The molecule has 0 aliphatic carbocycles. The lowest BCUT2D eigenvalue weighted by Crippen LogP contribution is -2.28. The summed E-state index contributed by atoms with van der Waals surface area (Å²) in [5.74, 6) is 0.191. The van der Waals surface area contributed by atoms with Gasteiger partial charge in [0.1, 0.15) is 0 Å². The standard InChI is InChI=1S/C10H17F3N2O2/c1-6(2)8(7(3)4)14-15-9(16)17-5-10(11,12)13/h6-7H,5H2,1-4H3,(H,15,16). The number of hydrogen-bond acceptors (Lipinski definition) is 3.